The molecule has 1 aliphatic heterocycles. The van der Waals surface area contributed by atoms with Crippen molar-refractivity contribution in [2.45, 2.75) is 26.2 Å². The van der Waals surface area contributed by atoms with Gasteiger partial charge in [-0.05, 0) is 19.3 Å². The summed E-state index contributed by atoms with van der Waals surface area (Å²) in [5.41, 5.74) is 0. The summed E-state index contributed by atoms with van der Waals surface area (Å²) in [4.78, 5) is 5.31. The second kappa shape index (κ2) is 4.79. The van der Waals surface area contributed by atoms with Gasteiger partial charge >= 0.3 is 0 Å². The van der Waals surface area contributed by atoms with Gasteiger partial charge in [0.05, 0.1) is 18.1 Å². The molecule has 1 saturated heterocycles. The summed E-state index contributed by atoms with van der Waals surface area (Å²) in [5.74, 6) is 0. The minimum atomic E-state index is 0.507. The van der Waals surface area contributed by atoms with Crippen LogP contribution in [0.4, 0.5) is 0 Å². The van der Waals surface area contributed by atoms with E-state index in [9.17, 15) is 5.21 Å². The second-order valence-electron chi connectivity index (χ2n) is 2.83. The second-order valence-corrected chi connectivity index (χ2v) is 2.83. The normalized spacial score (nSPS) is 18.4. The lowest BCUT2D eigenvalue weighted by Gasteiger charge is -2.09. The number of rotatable bonds is 4. The molecule has 0 spiro atoms. The van der Waals surface area contributed by atoms with Crippen molar-refractivity contribution in [1.29, 1.82) is 0 Å². The molecule has 1 fully saturated rings. The third-order valence-electron chi connectivity index (χ3n) is 1.75. The van der Waals surface area contributed by atoms with Crippen LogP contribution in [0.25, 0.3) is 0 Å². The van der Waals surface area contributed by atoms with Crippen LogP contribution in [-0.2, 0) is 4.84 Å². The highest BCUT2D eigenvalue weighted by Gasteiger charge is 2.18. The van der Waals surface area contributed by atoms with Crippen LogP contribution in [0.1, 0.15) is 26.2 Å². The van der Waals surface area contributed by atoms with Crippen LogP contribution < -0.4 is 0 Å². The molecule has 70 valence electrons. The maximum absolute atomic E-state index is 11.1. The predicted molar refractivity (Wildman–Crippen MR) is 43.1 cm³/mol. The van der Waals surface area contributed by atoms with Crippen molar-refractivity contribution in [3.63, 3.8) is 0 Å². The van der Waals surface area contributed by atoms with Crippen molar-refractivity contribution in [2.24, 2.45) is 5.28 Å². The minimum Gasteiger partial charge on any atom is -0.569 e. The van der Waals surface area contributed by atoms with E-state index in [1.165, 1.54) is 0 Å². The van der Waals surface area contributed by atoms with E-state index in [4.69, 9.17) is 4.84 Å². The Balaban J connectivity index is 2.24. The van der Waals surface area contributed by atoms with Gasteiger partial charge in [0.1, 0.15) is 6.61 Å². The van der Waals surface area contributed by atoms with Crippen LogP contribution in [-0.4, -0.2) is 29.7 Å². The third kappa shape index (κ3) is 2.56. The van der Waals surface area contributed by atoms with E-state index in [2.05, 4.69) is 5.28 Å². The minimum absolute atomic E-state index is 0.507. The smallest absolute Gasteiger partial charge is 0.233 e. The topological polar surface area (TPSA) is 50.9 Å². The fourth-order valence-corrected chi connectivity index (χ4v) is 1.10. The van der Waals surface area contributed by atoms with E-state index in [1.807, 2.05) is 6.92 Å². The number of hydrogen-bond donors (Lipinski definition) is 0. The number of hydrazine groups is 1. The molecule has 0 amide bonds. The standard InChI is InChI=1S/C7H15N3O2/c1-2-7-12-8-10(11)9-5-3-4-6-9/h2-7H2,1H3/b10-8-. The molecule has 1 aliphatic rings. The maximum Gasteiger partial charge on any atom is 0.233 e. The molecule has 5 nitrogen and oxygen atoms in total. The molecule has 0 bridgehead atoms. The van der Waals surface area contributed by atoms with Gasteiger partial charge in [-0.1, -0.05) is 6.92 Å². The third-order valence-corrected chi connectivity index (χ3v) is 1.75. The van der Waals surface area contributed by atoms with E-state index in [0.29, 0.717) is 11.6 Å². The van der Waals surface area contributed by atoms with Gasteiger partial charge < -0.3 is 10.0 Å². The zero-order valence-electron chi connectivity index (χ0n) is 7.40. The highest BCUT2D eigenvalue weighted by atomic mass is 16.7. The Morgan fingerprint density at radius 2 is 2.17 bits per heavy atom. The summed E-state index contributed by atoms with van der Waals surface area (Å²) >= 11 is 0. The van der Waals surface area contributed by atoms with Crippen LogP contribution in [0.15, 0.2) is 5.28 Å². The highest BCUT2D eigenvalue weighted by molar-refractivity contribution is 4.55. The lowest BCUT2D eigenvalue weighted by Crippen LogP contribution is -2.27. The first-order valence-corrected chi connectivity index (χ1v) is 4.39. The van der Waals surface area contributed by atoms with Crippen molar-refractivity contribution in [2.75, 3.05) is 19.7 Å². The fourth-order valence-electron chi connectivity index (χ4n) is 1.10. The van der Waals surface area contributed by atoms with E-state index in [-0.39, 0.29) is 0 Å². The summed E-state index contributed by atoms with van der Waals surface area (Å²) in [5, 5.41) is 16.1. The van der Waals surface area contributed by atoms with E-state index in [1.54, 1.807) is 5.01 Å². The molecule has 0 aliphatic carbocycles. The highest BCUT2D eigenvalue weighted by Crippen LogP contribution is 2.07. The van der Waals surface area contributed by atoms with Crippen molar-refractivity contribution in [3.05, 3.63) is 5.21 Å². The summed E-state index contributed by atoms with van der Waals surface area (Å²) in [6, 6.07) is 0. The Hall–Kier alpha value is -1.00. The van der Waals surface area contributed by atoms with Gasteiger partial charge in [0.15, 0.2) is 0 Å². The molecule has 0 saturated carbocycles. The molecule has 5 heteroatoms. The van der Waals surface area contributed by atoms with Gasteiger partial charge in [-0.2, -0.15) is 0 Å². The van der Waals surface area contributed by atoms with Crippen LogP contribution in [0.2, 0.25) is 0 Å². The van der Waals surface area contributed by atoms with E-state index in [0.717, 1.165) is 32.4 Å². The van der Waals surface area contributed by atoms with Gasteiger partial charge in [-0.3, -0.25) is 0 Å². The van der Waals surface area contributed by atoms with Crippen molar-refractivity contribution >= 4 is 0 Å². The molecule has 0 unspecified atom stereocenters. The quantitative estimate of drug-likeness (QED) is 0.278. The van der Waals surface area contributed by atoms with Crippen LogP contribution in [0, 0.1) is 5.21 Å². The van der Waals surface area contributed by atoms with Gasteiger partial charge in [0.25, 0.3) is 0 Å². The maximum atomic E-state index is 11.1. The SMILES string of the molecule is CCCO/N=[N+](\[O-])N1CCCC1. The fraction of sp³-hybridized carbons (Fsp3) is 1.00. The summed E-state index contributed by atoms with van der Waals surface area (Å²) in [6.45, 7) is 4.07. The average molecular weight is 173 g/mol. The monoisotopic (exact) mass is 173 g/mol. The molecule has 0 radical (unpaired) electrons. The Morgan fingerprint density at radius 3 is 2.75 bits per heavy atom. The van der Waals surface area contributed by atoms with Crippen molar-refractivity contribution in [1.82, 2.24) is 5.01 Å². The first kappa shape index (κ1) is 9.09. The Bertz CT molecular complexity index is 155. The zero-order valence-corrected chi connectivity index (χ0v) is 7.40. The summed E-state index contributed by atoms with van der Waals surface area (Å²) in [7, 11) is 0. The number of nitrogens with zero attached hydrogens (tertiary/aromatic N) is 3. The molecule has 0 aromatic heterocycles. The molecule has 1 heterocycles. The van der Waals surface area contributed by atoms with Crippen molar-refractivity contribution < 1.29 is 9.81 Å². The van der Waals surface area contributed by atoms with Crippen LogP contribution in [0.3, 0.4) is 0 Å². The van der Waals surface area contributed by atoms with E-state index >= 15 is 0 Å². The Labute approximate surface area is 72.1 Å². The first-order chi connectivity index (χ1) is 5.84. The van der Waals surface area contributed by atoms with Crippen LogP contribution >= 0.6 is 0 Å². The molecule has 0 aromatic rings. The predicted octanol–water partition coefficient (Wildman–Crippen LogP) is 1.30. The van der Waals surface area contributed by atoms with Gasteiger partial charge in [0, 0.05) is 0 Å². The molecule has 0 atom stereocenters. The van der Waals surface area contributed by atoms with Crippen molar-refractivity contribution in [3.8, 4) is 0 Å². The molecule has 0 aromatic carbocycles. The molecular weight excluding hydrogens is 158 g/mol. The lowest BCUT2D eigenvalue weighted by molar-refractivity contribution is -0.707. The summed E-state index contributed by atoms with van der Waals surface area (Å²) in [6.07, 6.45) is 3.02. The Kier molecular flexibility index (Phi) is 3.63. The van der Waals surface area contributed by atoms with Gasteiger partial charge in [-0.25, -0.2) is 0 Å². The first-order valence-electron chi connectivity index (χ1n) is 4.39. The lowest BCUT2D eigenvalue weighted by atomic mass is 10.4. The number of hydrogen-bond acceptors (Lipinski definition) is 3. The van der Waals surface area contributed by atoms with Crippen LogP contribution in [0.5, 0.6) is 0 Å². The Morgan fingerprint density at radius 1 is 1.50 bits per heavy atom. The summed E-state index contributed by atoms with van der Waals surface area (Å²) < 4.78 is 0. The zero-order chi connectivity index (χ0) is 8.81. The van der Waals surface area contributed by atoms with E-state index < -0.39 is 0 Å². The largest absolute Gasteiger partial charge is 0.569 e. The molecule has 0 N–H and O–H groups in total. The van der Waals surface area contributed by atoms with Gasteiger partial charge in [-0.15, -0.1) is 5.01 Å². The molecule has 12 heavy (non-hydrogen) atoms. The molecule has 1 rings (SSSR count). The average Bonchev–Trinajstić information content (AvgIpc) is 2.56. The molecular formula is C7H15N3O2. The van der Waals surface area contributed by atoms with Gasteiger partial charge in [0.2, 0.25) is 5.28 Å².